The van der Waals surface area contributed by atoms with Gasteiger partial charge in [-0.2, -0.15) is 0 Å². The summed E-state index contributed by atoms with van der Waals surface area (Å²) in [6.07, 6.45) is 2.97. The van der Waals surface area contributed by atoms with Crippen LogP contribution in [0.2, 0.25) is 5.02 Å². The van der Waals surface area contributed by atoms with Gasteiger partial charge in [-0.25, -0.2) is 4.98 Å². The summed E-state index contributed by atoms with van der Waals surface area (Å²) < 4.78 is 0. The minimum absolute atomic E-state index is 0. The zero-order chi connectivity index (χ0) is 16.9. The molecule has 0 saturated carbocycles. The number of carbonyl (C=O) groups is 1. The first kappa shape index (κ1) is 20.2. The van der Waals surface area contributed by atoms with Crippen LogP contribution in [0.1, 0.15) is 36.7 Å². The first-order valence-corrected chi connectivity index (χ1v) is 9.68. The quantitative estimate of drug-likeness (QED) is 0.805. The van der Waals surface area contributed by atoms with Crippen molar-refractivity contribution >= 4 is 41.3 Å². The SMILES string of the molecule is CCCN(C(=O)c1csc(-c2ccccc2Cl)n1)C1CCNCC1.Cl. The maximum absolute atomic E-state index is 13.0. The van der Waals surface area contributed by atoms with Gasteiger partial charge >= 0.3 is 0 Å². The van der Waals surface area contributed by atoms with Gasteiger partial charge in [0.25, 0.3) is 5.91 Å². The van der Waals surface area contributed by atoms with Crippen LogP contribution in [0.15, 0.2) is 29.6 Å². The molecule has 2 heterocycles. The van der Waals surface area contributed by atoms with Gasteiger partial charge in [0.05, 0.1) is 5.02 Å². The normalized spacial score (nSPS) is 14.8. The van der Waals surface area contributed by atoms with Gasteiger partial charge in [-0.15, -0.1) is 23.7 Å². The fraction of sp³-hybridized carbons (Fsp3) is 0.444. The number of piperidine rings is 1. The summed E-state index contributed by atoms with van der Waals surface area (Å²) in [4.78, 5) is 19.6. The van der Waals surface area contributed by atoms with Crippen molar-refractivity contribution in [2.24, 2.45) is 0 Å². The van der Waals surface area contributed by atoms with E-state index in [4.69, 9.17) is 11.6 Å². The predicted octanol–water partition coefficient (Wildman–Crippen LogP) is 4.49. The van der Waals surface area contributed by atoms with E-state index in [-0.39, 0.29) is 18.3 Å². The Morgan fingerprint density at radius 1 is 1.36 bits per heavy atom. The molecule has 1 fully saturated rings. The van der Waals surface area contributed by atoms with Crippen LogP contribution in [0.25, 0.3) is 10.6 Å². The van der Waals surface area contributed by atoms with Crippen LogP contribution in [0.4, 0.5) is 0 Å². The molecule has 4 nitrogen and oxygen atoms in total. The highest BCUT2D eigenvalue weighted by atomic mass is 35.5. The molecule has 1 N–H and O–H groups in total. The lowest BCUT2D eigenvalue weighted by molar-refractivity contribution is 0.0637. The number of thiazole rings is 1. The van der Waals surface area contributed by atoms with E-state index in [9.17, 15) is 4.79 Å². The Labute approximate surface area is 164 Å². The number of hydrogen-bond donors (Lipinski definition) is 1. The highest BCUT2D eigenvalue weighted by Gasteiger charge is 2.27. The Balaban J connectivity index is 0.00000225. The highest BCUT2D eigenvalue weighted by molar-refractivity contribution is 7.13. The maximum atomic E-state index is 13.0. The molecule has 7 heteroatoms. The van der Waals surface area contributed by atoms with E-state index in [2.05, 4.69) is 17.2 Å². The minimum Gasteiger partial charge on any atom is -0.334 e. The smallest absolute Gasteiger partial charge is 0.273 e. The van der Waals surface area contributed by atoms with Crippen molar-refractivity contribution in [2.45, 2.75) is 32.2 Å². The van der Waals surface area contributed by atoms with Crippen LogP contribution in [0.5, 0.6) is 0 Å². The molecule has 3 rings (SSSR count). The second-order valence-corrected chi connectivity index (χ2v) is 7.26. The molecule has 0 unspecified atom stereocenters. The Hall–Kier alpha value is -1.14. The van der Waals surface area contributed by atoms with E-state index in [0.717, 1.165) is 49.5 Å². The number of carbonyl (C=O) groups excluding carboxylic acids is 1. The number of amides is 1. The third kappa shape index (κ3) is 4.73. The molecule has 0 radical (unpaired) electrons. The molecular weight excluding hydrogens is 377 g/mol. The number of aromatic nitrogens is 1. The number of rotatable bonds is 5. The monoisotopic (exact) mass is 399 g/mol. The molecule has 0 bridgehead atoms. The van der Waals surface area contributed by atoms with E-state index in [1.165, 1.54) is 11.3 Å². The second kappa shape index (κ2) is 9.53. The molecule has 1 aromatic carbocycles. The van der Waals surface area contributed by atoms with Gasteiger partial charge < -0.3 is 10.2 Å². The average Bonchev–Trinajstić information content (AvgIpc) is 3.10. The van der Waals surface area contributed by atoms with Crippen molar-refractivity contribution < 1.29 is 4.79 Å². The van der Waals surface area contributed by atoms with Crippen LogP contribution >= 0.6 is 35.3 Å². The predicted molar refractivity (Wildman–Crippen MR) is 107 cm³/mol. The molecule has 1 aliphatic heterocycles. The van der Waals surface area contributed by atoms with Crippen molar-refractivity contribution in [1.29, 1.82) is 0 Å². The Morgan fingerprint density at radius 2 is 2.08 bits per heavy atom. The Kier molecular flexibility index (Phi) is 7.69. The van der Waals surface area contributed by atoms with E-state index < -0.39 is 0 Å². The van der Waals surface area contributed by atoms with Crippen molar-refractivity contribution in [3.8, 4) is 10.6 Å². The molecule has 1 aliphatic rings. The van der Waals surface area contributed by atoms with E-state index in [1.807, 2.05) is 34.5 Å². The maximum Gasteiger partial charge on any atom is 0.273 e. The van der Waals surface area contributed by atoms with Crippen molar-refractivity contribution in [3.63, 3.8) is 0 Å². The van der Waals surface area contributed by atoms with E-state index in [1.54, 1.807) is 0 Å². The number of halogens is 2. The molecule has 25 heavy (non-hydrogen) atoms. The highest BCUT2D eigenvalue weighted by Crippen LogP contribution is 2.30. The van der Waals surface area contributed by atoms with Gasteiger partial charge in [0, 0.05) is 23.5 Å². The van der Waals surface area contributed by atoms with Crippen LogP contribution in [0, 0.1) is 0 Å². The van der Waals surface area contributed by atoms with Crippen molar-refractivity contribution in [1.82, 2.24) is 15.2 Å². The molecule has 0 spiro atoms. The summed E-state index contributed by atoms with van der Waals surface area (Å²) in [6.45, 7) is 4.83. The van der Waals surface area contributed by atoms with Crippen LogP contribution < -0.4 is 5.32 Å². The lowest BCUT2D eigenvalue weighted by atomic mass is 10.0. The summed E-state index contributed by atoms with van der Waals surface area (Å²) in [5, 5.41) is 6.67. The van der Waals surface area contributed by atoms with Gasteiger partial charge in [0.2, 0.25) is 0 Å². The molecule has 0 aliphatic carbocycles. The van der Waals surface area contributed by atoms with Gasteiger partial charge in [-0.1, -0.05) is 36.7 Å². The third-order valence-corrected chi connectivity index (χ3v) is 5.51. The average molecular weight is 400 g/mol. The molecule has 1 amide bonds. The standard InChI is InChI=1S/C18H22ClN3OS.ClH/c1-2-11-22(13-7-9-20-10-8-13)18(23)16-12-24-17(21-16)14-5-3-4-6-15(14)19;/h3-6,12-13,20H,2,7-11H2,1H3;1H. The van der Waals surface area contributed by atoms with Crippen molar-refractivity contribution in [3.05, 3.63) is 40.4 Å². The van der Waals surface area contributed by atoms with Gasteiger partial charge in [-0.05, 0) is 38.4 Å². The first-order valence-electron chi connectivity index (χ1n) is 8.42. The number of hydrogen-bond acceptors (Lipinski definition) is 4. The molecule has 136 valence electrons. The topological polar surface area (TPSA) is 45.2 Å². The first-order chi connectivity index (χ1) is 11.7. The summed E-state index contributed by atoms with van der Waals surface area (Å²) in [6, 6.07) is 7.92. The fourth-order valence-corrected chi connectivity index (χ4v) is 4.20. The summed E-state index contributed by atoms with van der Waals surface area (Å²) in [7, 11) is 0. The Morgan fingerprint density at radius 3 is 2.76 bits per heavy atom. The molecule has 1 saturated heterocycles. The summed E-state index contributed by atoms with van der Waals surface area (Å²) in [5.74, 6) is 0.0401. The van der Waals surface area contributed by atoms with Crippen LogP contribution in [-0.4, -0.2) is 41.5 Å². The Bertz CT molecular complexity index is 701. The van der Waals surface area contributed by atoms with Crippen LogP contribution in [0.3, 0.4) is 0 Å². The third-order valence-electron chi connectivity index (χ3n) is 4.30. The van der Waals surface area contributed by atoms with Crippen molar-refractivity contribution in [2.75, 3.05) is 19.6 Å². The largest absolute Gasteiger partial charge is 0.334 e. The van der Waals surface area contributed by atoms with Crippen LogP contribution in [-0.2, 0) is 0 Å². The summed E-state index contributed by atoms with van der Waals surface area (Å²) >= 11 is 7.72. The molecule has 2 aromatic rings. The second-order valence-electron chi connectivity index (χ2n) is 6.00. The molecular formula is C18H23Cl2N3OS. The van der Waals surface area contributed by atoms with Gasteiger partial charge in [0.1, 0.15) is 10.7 Å². The van der Waals surface area contributed by atoms with Gasteiger partial charge in [0.15, 0.2) is 0 Å². The number of nitrogens with zero attached hydrogens (tertiary/aromatic N) is 2. The zero-order valence-electron chi connectivity index (χ0n) is 14.2. The zero-order valence-corrected chi connectivity index (χ0v) is 16.6. The number of nitrogens with one attached hydrogen (secondary N) is 1. The lowest BCUT2D eigenvalue weighted by Crippen LogP contribution is -2.46. The van der Waals surface area contributed by atoms with E-state index in [0.29, 0.717) is 16.8 Å². The summed E-state index contributed by atoms with van der Waals surface area (Å²) in [5.41, 5.74) is 1.41. The fourth-order valence-electron chi connectivity index (χ4n) is 3.09. The van der Waals surface area contributed by atoms with E-state index >= 15 is 0 Å². The molecule has 1 aromatic heterocycles. The van der Waals surface area contributed by atoms with Gasteiger partial charge in [-0.3, -0.25) is 4.79 Å². The molecule has 0 atom stereocenters. The lowest BCUT2D eigenvalue weighted by Gasteiger charge is -2.34. The minimum atomic E-state index is 0. The number of benzene rings is 1.